The first-order valence-corrected chi connectivity index (χ1v) is 6.87. The van der Waals surface area contributed by atoms with E-state index in [1.807, 2.05) is 18.2 Å². The van der Waals surface area contributed by atoms with Gasteiger partial charge in [-0.2, -0.15) is 0 Å². The number of rotatable bonds is 10. The average Bonchev–Trinajstić information content (AvgIpc) is 2.47. The topological polar surface area (TPSA) is 30.5 Å². The van der Waals surface area contributed by atoms with Crippen molar-refractivity contribution in [2.24, 2.45) is 0 Å². The van der Waals surface area contributed by atoms with E-state index in [0.717, 1.165) is 38.3 Å². The standard InChI is InChI=1S/C16H25NO2/c1-4-6-12-19-13-11-17-16(5-2)14-7-9-15(18-3)10-8-14/h4,7-10,16-17H,1,5-6,11-13H2,2-3H3. The highest BCUT2D eigenvalue weighted by Gasteiger charge is 2.08. The largest absolute Gasteiger partial charge is 0.497 e. The molecule has 1 atom stereocenters. The Morgan fingerprint density at radius 1 is 1.26 bits per heavy atom. The second kappa shape index (κ2) is 9.59. The molecule has 0 aromatic heterocycles. The molecular formula is C16H25NO2. The number of benzene rings is 1. The lowest BCUT2D eigenvalue weighted by molar-refractivity contribution is 0.138. The van der Waals surface area contributed by atoms with Crippen molar-refractivity contribution in [1.82, 2.24) is 5.32 Å². The van der Waals surface area contributed by atoms with Crippen LogP contribution >= 0.6 is 0 Å². The van der Waals surface area contributed by atoms with E-state index < -0.39 is 0 Å². The van der Waals surface area contributed by atoms with Gasteiger partial charge >= 0.3 is 0 Å². The molecule has 1 rings (SSSR count). The van der Waals surface area contributed by atoms with Crippen molar-refractivity contribution in [2.45, 2.75) is 25.8 Å². The Bertz CT molecular complexity index is 348. The lowest BCUT2D eigenvalue weighted by atomic mass is 10.0. The van der Waals surface area contributed by atoms with Gasteiger partial charge in [-0.1, -0.05) is 25.1 Å². The summed E-state index contributed by atoms with van der Waals surface area (Å²) in [5.41, 5.74) is 1.29. The average molecular weight is 263 g/mol. The first-order chi connectivity index (χ1) is 9.31. The maximum absolute atomic E-state index is 5.49. The van der Waals surface area contributed by atoms with Crippen LogP contribution in [0.25, 0.3) is 0 Å². The number of nitrogens with one attached hydrogen (secondary N) is 1. The van der Waals surface area contributed by atoms with Gasteiger partial charge < -0.3 is 14.8 Å². The predicted molar refractivity (Wildman–Crippen MR) is 79.7 cm³/mol. The fourth-order valence-electron chi connectivity index (χ4n) is 1.91. The highest BCUT2D eigenvalue weighted by atomic mass is 16.5. The molecule has 0 saturated heterocycles. The van der Waals surface area contributed by atoms with Gasteiger partial charge in [-0.25, -0.2) is 0 Å². The molecule has 0 spiro atoms. The van der Waals surface area contributed by atoms with Crippen molar-refractivity contribution >= 4 is 0 Å². The van der Waals surface area contributed by atoms with E-state index in [1.165, 1.54) is 5.56 Å². The Morgan fingerprint density at radius 2 is 2.00 bits per heavy atom. The third-order valence-electron chi connectivity index (χ3n) is 3.03. The smallest absolute Gasteiger partial charge is 0.118 e. The van der Waals surface area contributed by atoms with Gasteiger partial charge in [0.2, 0.25) is 0 Å². The Balaban J connectivity index is 2.33. The fourth-order valence-corrected chi connectivity index (χ4v) is 1.91. The van der Waals surface area contributed by atoms with Gasteiger partial charge in [0, 0.05) is 12.6 Å². The van der Waals surface area contributed by atoms with Crippen LogP contribution in [0.4, 0.5) is 0 Å². The van der Waals surface area contributed by atoms with Crippen LogP contribution in [-0.2, 0) is 4.74 Å². The fraction of sp³-hybridized carbons (Fsp3) is 0.500. The van der Waals surface area contributed by atoms with Crippen LogP contribution in [-0.4, -0.2) is 26.9 Å². The normalized spacial score (nSPS) is 12.1. The van der Waals surface area contributed by atoms with E-state index in [0.29, 0.717) is 6.04 Å². The van der Waals surface area contributed by atoms with Crippen LogP contribution in [0.2, 0.25) is 0 Å². The Hall–Kier alpha value is -1.32. The van der Waals surface area contributed by atoms with Gasteiger partial charge in [-0.05, 0) is 30.5 Å². The minimum absolute atomic E-state index is 0.369. The summed E-state index contributed by atoms with van der Waals surface area (Å²) in [4.78, 5) is 0. The quantitative estimate of drug-likeness (QED) is 0.519. The van der Waals surface area contributed by atoms with E-state index in [-0.39, 0.29) is 0 Å². The van der Waals surface area contributed by atoms with Crippen molar-refractivity contribution in [1.29, 1.82) is 0 Å². The summed E-state index contributed by atoms with van der Waals surface area (Å²) in [6.45, 7) is 8.20. The molecule has 1 aromatic carbocycles. The molecule has 1 aromatic rings. The van der Waals surface area contributed by atoms with Crippen LogP contribution in [0.1, 0.15) is 31.4 Å². The summed E-state index contributed by atoms with van der Waals surface area (Å²) >= 11 is 0. The minimum atomic E-state index is 0.369. The van der Waals surface area contributed by atoms with Gasteiger partial charge in [0.1, 0.15) is 5.75 Å². The molecule has 0 aliphatic rings. The monoisotopic (exact) mass is 263 g/mol. The molecule has 1 N–H and O–H groups in total. The van der Waals surface area contributed by atoms with Gasteiger partial charge in [0.25, 0.3) is 0 Å². The lowest BCUT2D eigenvalue weighted by Crippen LogP contribution is -2.25. The maximum atomic E-state index is 5.49. The van der Waals surface area contributed by atoms with E-state index >= 15 is 0 Å². The first-order valence-electron chi connectivity index (χ1n) is 6.87. The van der Waals surface area contributed by atoms with Crippen molar-refractivity contribution in [3.63, 3.8) is 0 Å². The third-order valence-corrected chi connectivity index (χ3v) is 3.03. The Kier molecular flexibility index (Phi) is 7.94. The second-order valence-corrected chi connectivity index (χ2v) is 4.38. The number of hydrogen-bond donors (Lipinski definition) is 1. The highest BCUT2D eigenvalue weighted by Crippen LogP contribution is 2.19. The van der Waals surface area contributed by atoms with E-state index in [1.54, 1.807) is 7.11 Å². The van der Waals surface area contributed by atoms with Crippen molar-refractivity contribution in [2.75, 3.05) is 26.9 Å². The SMILES string of the molecule is C=CCCOCCNC(CC)c1ccc(OC)cc1. The van der Waals surface area contributed by atoms with Crippen molar-refractivity contribution in [3.05, 3.63) is 42.5 Å². The molecule has 1 unspecified atom stereocenters. The van der Waals surface area contributed by atoms with E-state index in [2.05, 4.69) is 31.0 Å². The van der Waals surface area contributed by atoms with Crippen LogP contribution < -0.4 is 10.1 Å². The predicted octanol–water partition coefficient (Wildman–Crippen LogP) is 3.33. The van der Waals surface area contributed by atoms with E-state index in [9.17, 15) is 0 Å². The van der Waals surface area contributed by atoms with Crippen LogP contribution in [0.15, 0.2) is 36.9 Å². The molecule has 0 heterocycles. The molecule has 3 heteroatoms. The molecule has 0 saturated carbocycles. The maximum Gasteiger partial charge on any atom is 0.118 e. The van der Waals surface area contributed by atoms with Crippen LogP contribution in [0.3, 0.4) is 0 Å². The van der Waals surface area contributed by atoms with Gasteiger partial charge in [-0.15, -0.1) is 6.58 Å². The molecular weight excluding hydrogens is 238 g/mol. The minimum Gasteiger partial charge on any atom is -0.497 e. The summed E-state index contributed by atoms with van der Waals surface area (Å²) in [5, 5.41) is 3.51. The zero-order valence-corrected chi connectivity index (χ0v) is 12.0. The van der Waals surface area contributed by atoms with Crippen molar-refractivity contribution in [3.8, 4) is 5.75 Å². The van der Waals surface area contributed by atoms with Crippen LogP contribution in [0.5, 0.6) is 5.75 Å². The molecule has 0 fully saturated rings. The summed E-state index contributed by atoms with van der Waals surface area (Å²) in [6, 6.07) is 8.59. The lowest BCUT2D eigenvalue weighted by Gasteiger charge is -2.17. The summed E-state index contributed by atoms with van der Waals surface area (Å²) < 4.78 is 10.7. The molecule has 106 valence electrons. The van der Waals surface area contributed by atoms with Gasteiger partial charge in [0.05, 0.1) is 20.3 Å². The number of ether oxygens (including phenoxy) is 2. The zero-order chi connectivity index (χ0) is 13.9. The third kappa shape index (κ3) is 5.90. The Morgan fingerprint density at radius 3 is 2.58 bits per heavy atom. The zero-order valence-electron chi connectivity index (χ0n) is 12.0. The molecule has 19 heavy (non-hydrogen) atoms. The van der Waals surface area contributed by atoms with Gasteiger partial charge in [-0.3, -0.25) is 0 Å². The summed E-state index contributed by atoms with van der Waals surface area (Å²) in [7, 11) is 1.69. The molecule has 0 amide bonds. The molecule has 0 aliphatic heterocycles. The van der Waals surface area contributed by atoms with Crippen molar-refractivity contribution < 1.29 is 9.47 Å². The molecule has 0 radical (unpaired) electrons. The number of methoxy groups -OCH3 is 1. The molecule has 0 bridgehead atoms. The molecule has 3 nitrogen and oxygen atoms in total. The summed E-state index contributed by atoms with van der Waals surface area (Å²) in [6.07, 6.45) is 3.84. The molecule has 0 aliphatic carbocycles. The van der Waals surface area contributed by atoms with Gasteiger partial charge in [0.15, 0.2) is 0 Å². The second-order valence-electron chi connectivity index (χ2n) is 4.38. The summed E-state index contributed by atoms with van der Waals surface area (Å²) in [5.74, 6) is 0.895. The van der Waals surface area contributed by atoms with Crippen LogP contribution in [0, 0.1) is 0 Å². The Labute approximate surface area is 116 Å². The highest BCUT2D eigenvalue weighted by molar-refractivity contribution is 5.29. The first kappa shape index (κ1) is 15.7. The number of hydrogen-bond acceptors (Lipinski definition) is 3. The van der Waals surface area contributed by atoms with E-state index in [4.69, 9.17) is 9.47 Å².